The molecule has 0 radical (unpaired) electrons. The third kappa shape index (κ3) is 4.67. The lowest BCUT2D eigenvalue weighted by Gasteiger charge is -2.31. The Bertz CT molecular complexity index is 1380. The molecule has 0 atom stereocenters. The van der Waals surface area contributed by atoms with Crippen LogP contribution < -0.4 is 13.8 Å². The number of fused-ring (bicyclic) bond motifs is 1. The van der Waals surface area contributed by atoms with Crippen molar-refractivity contribution >= 4 is 31.4 Å². The van der Waals surface area contributed by atoms with E-state index in [1.54, 1.807) is 37.3 Å². The summed E-state index contributed by atoms with van der Waals surface area (Å²) in [6.45, 7) is 2.23. The summed E-state index contributed by atoms with van der Waals surface area (Å²) in [5.41, 5.74) is 1.40. The molecule has 174 valence electrons. The Labute approximate surface area is 192 Å². The van der Waals surface area contributed by atoms with E-state index in [0.717, 1.165) is 11.6 Å². The summed E-state index contributed by atoms with van der Waals surface area (Å²) in [6.07, 6.45) is 1.32. The molecule has 0 fully saturated rings. The fourth-order valence-electron chi connectivity index (χ4n) is 3.71. The summed E-state index contributed by atoms with van der Waals surface area (Å²) >= 11 is 0. The van der Waals surface area contributed by atoms with Crippen LogP contribution in [0.1, 0.15) is 18.9 Å². The highest BCUT2D eigenvalue weighted by molar-refractivity contribution is 7.93. The van der Waals surface area contributed by atoms with E-state index in [1.165, 1.54) is 34.6 Å². The first kappa shape index (κ1) is 23.1. The third-order valence-electron chi connectivity index (χ3n) is 5.26. The number of sulfonamides is 2. The number of nitrogens with one attached hydrogen (secondary N) is 1. The first-order chi connectivity index (χ1) is 15.7. The average molecular weight is 491 g/mol. The molecule has 1 aliphatic heterocycles. The molecule has 0 unspecified atom stereocenters. The van der Waals surface area contributed by atoms with Crippen LogP contribution in [-0.2, 0) is 26.5 Å². The molecule has 0 amide bonds. The van der Waals surface area contributed by atoms with Gasteiger partial charge in [-0.15, -0.1) is 0 Å². The number of benzene rings is 3. The first-order valence-electron chi connectivity index (χ1n) is 10.4. The summed E-state index contributed by atoms with van der Waals surface area (Å²) < 4.78 is 75.1. The summed E-state index contributed by atoms with van der Waals surface area (Å²) in [4.78, 5) is -0.108. The second kappa shape index (κ2) is 9.03. The van der Waals surface area contributed by atoms with Gasteiger partial charge in [-0.2, -0.15) is 0 Å². The SMILES string of the molecule is CCOc1ccc(S(=O)(=O)Nc2ccc3c(c2)N(S(=O)(=O)c2ccccc2)CCC3)cc1F. The Kier molecular flexibility index (Phi) is 6.31. The molecule has 0 aromatic heterocycles. The number of hydrogen-bond donors (Lipinski definition) is 1. The molecule has 0 saturated heterocycles. The third-order valence-corrected chi connectivity index (χ3v) is 8.46. The van der Waals surface area contributed by atoms with Gasteiger partial charge in [0.05, 0.1) is 27.8 Å². The van der Waals surface area contributed by atoms with E-state index in [4.69, 9.17) is 4.74 Å². The van der Waals surface area contributed by atoms with E-state index >= 15 is 0 Å². The van der Waals surface area contributed by atoms with Gasteiger partial charge in [-0.1, -0.05) is 24.3 Å². The van der Waals surface area contributed by atoms with Crippen LogP contribution in [0.5, 0.6) is 5.75 Å². The average Bonchev–Trinajstić information content (AvgIpc) is 2.80. The van der Waals surface area contributed by atoms with Crippen molar-refractivity contribution in [3.8, 4) is 5.75 Å². The molecule has 1 aliphatic rings. The smallest absolute Gasteiger partial charge is 0.264 e. The highest BCUT2D eigenvalue weighted by Crippen LogP contribution is 2.35. The number of halogens is 1. The summed E-state index contributed by atoms with van der Waals surface area (Å²) in [5, 5.41) is 0. The monoisotopic (exact) mass is 490 g/mol. The van der Waals surface area contributed by atoms with Crippen molar-refractivity contribution in [2.24, 2.45) is 0 Å². The molecule has 33 heavy (non-hydrogen) atoms. The minimum absolute atomic E-state index is 0.0352. The number of aryl methyl sites for hydroxylation is 1. The van der Waals surface area contributed by atoms with E-state index in [9.17, 15) is 21.2 Å². The Balaban J connectivity index is 1.66. The van der Waals surface area contributed by atoms with Gasteiger partial charge in [-0.25, -0.2) is 21.2 Å². The molecular formula is C23H23FN2O5S2. The van der Waals surface area contributed by atoms with Crippen molar-refractivity contribution in [3.63, 3.8) is 0 Å². The summed E-state index contributed by atoms with van der Waals surface area (Å²) in [7, 11) is -7.92. The fraction of sp³-hybridized carbons (Fsp3) is 0.217. The molecule has 0 spiro atoms. The van der Waals surface area contributed by atoms with E-state index in [2.05, 4.69) is 4.72 Å². The first-order valence-corrected chi connectivity index (χ1v) is 13.3. The van der Waals surface area contributed by atoms with Crippen molar-refractivity contribution in [1.29, 1.82) is 0 Å². The number of anilines is 2. The molecule has 0 aliphatic carbocycles. The van der Waals surface area contributed by atoms with Crippen LogP contribution in [0.15, 0.2) is 76.5 Å². The molecular weight excluding hydrogens is 467 g/mol. The van der Waals surface area contributed by atoms with Crippen molar-refractivity contribution in [2.45, 2.75) is 29.6 Å². The van der Waals surface area contributed by atoms with Gasteiger partial charge in [0.25, 0.3) is 20.0 Å². The zero-order valence-corrected chi connectivity index (χ0v) is 19.5. The standard InChI is InChI=1S/C23H23FN2O5S2/c1-2-31-23-13-12-20(16-21(23)24)32(27,28)25-18-11-10-17-7-6-14-26(22(17)15-18)33(29,30)19-8-4-3-5-9-19/h3-5,8-13,15-16,25H,2,6-7,14H2,1H3. The van der Waals surface area contributed by atoms with Gasteiger partial charge in [0, 0.05) is 6.54 Å². The zero-order chi connectivity index (χ0) is 23.6. The van der Waals surface area contributed by atoms with Gasteiger partial charge >= 0.3 is 0 Å². The van der Waals surface area contributed by atoms with Crippen LogP contribution in [0.2, 0.25) is 0 Å². The lowest BCUT2D eigenvalue weighted by atomic mass is 10.0. The molecule has 0 bridgehead atoms. The molecule has 1 heterocycles. The van der Waals surface area contributed by atoms with E-state index < -0.39 is 25.9 Å². The molecule has 0 saturated carbocycles. The quantitative estimate of drug-likeness (QED) is 0.537. The van der Waals surface area contributed by atoms with Crippen LogP contribution >= 0.6 is 0 Å². The van der Waals surface area contributed by atoms with Gasteiger partial charge in [-0.05, 0) is 67.8 Å². The summed E-state index contributed by atoms with van der Waals surface area (Å²) in [6, 6.07) is 16.3. The Morgan fingerprint density at radius 3 is 2.42 bits per heavy atom. The predicted octanol–water partition coefficient (Wildman–Crippen LogP) is 4.17. The lowest BCUT2D eigenvalue weighted by Crippen LogP contribution is -2.35. The summed E-state index contributed by atoms with van der Waals surface area (Å²) in [5.74, 6) is -0.822. The van der Waals surface area contributed by atoms with Crippen molar-refractivity contribution in [3.05, 3.63) is 78.1 Å². The van der Waals surface area contributed by atoms with Crippen LogP contribution in [0.25, 0.3) is 0 Å². The van der Waals surface area contributed by atoms with Crippen molar-refractivity contribution < 1.29 is 26.0 Å². The van der Waals surface area contributed by atoms with Gasteiger partial charge in [0.1, 0.15) is 0 Å². The van der Waals surface area contributed by atoms with Gasteiger partial charge < -0.3 is 4.74 Å². The van der Waals surface area contributed by atoms with Crippen LogP contribution in [0.4, 0.5) is 15.8 Å². The topological polar surface area (TPSA) is 92.8 Å². The maximum atomic E-state index is 14.2. The van der Waals surface area contributed by atoms with E-state index in [0.29, 0.717) is 18.5 Å². The number of nitrogens with zero attached hydrogens (tertiary/aromatic N) is 1. The number of rotatable bonds is 7. The minimum Gasteiger partial charge on any atom is -0.491 e. The molecule has 1 N–H and O–H groups in total. The molecule has 10 heteroatoms. The van der Waals surface area contributed by atoms with E-state index in [1.807, 2.05) is 0 Å². The largest absolute Gasteiger partial charge is 0.491 e. The highest BCUT2D eigenvalue weighted by atomic mass is 32.2. The maximum Gasteiger partial charge on any atom is 0.264 e. The second-order valence-electron chi connectivity index (χ2n) is 7.47. The molecule has 3 aromatic rings. The van der Waals surface area contributed by atoms with Crippen LogP contribution in [0.3, 0.4) is 0 Å². The Morgan fingerprint density at radius 2 is 1.73 bits per heavy atom. The van der Waals surface area contributed by atoms with Gasteiger partial charge in [0.15, 0.2) is 11.6 Å². The van der Waals surface area contributed by atoms with Gasteiger partial charge in [-0.3, -0.25) is 9.03 Å². The Morgan fingerprint density at radius 1 is 0.970 bits per heavy atom. The van der Waals surface area contributed by atoms with Crippen molar-refractivity contribution in [2.75, 3.05) is 22.2 Å². The number of ether oxygens (including phenoxy) is 1. The fourth-order valence-corrected chi connectivity index (χ4v) is 6.32. The van der Waals surface area contributed by atoms with Crippen LogP contribution in [0, 0.1) is 5.82 Å². The highest BCUT2D eigenvalue weighted by Gasteiger charge is 2.29. The normalized spacial score (nSPS) is 13.9. The van der Waals surface area contributed by atoms with Gasteiger partial charge in [0.2, 0.25) is 0 Å². The Hall–Kier alpha value is -3.11. The van der Waals surface area contributed by atoms with Crippen molar-refractivity contribution in [1.82, 2.24) is 0 Å². The predicted molar refractivity (Wildman–Crippen MR) is 124 cm³/mol. The number of hydrogen-bond acceptors (Lipinski definition) is 5. The second-order valence-corrected chi connectivity index (χ2v) is 11.0. The maximum absolute atomic E-state index is 14.2. The van der Waals surface area contributed by atoms with Crippen LogP contribution in [-0.4, -0.2) is 30.0 Å². The lowest BCUT2D eigenvalue weighted by molar-refractivity contribution is 0.321. The van der Waals surface area contributed by atoms with E-state index in [-0.39, 0.29) is 34.4 Å². The minimum atomic E-state index is -4.11. The zero-order valence-electron chi connectivity index (χ0n) is 17.9. The molecule has 7 nitrogen and oxygen atoms in total. The molecule has 4 rings (SSSR count). The molecule has 3 aromatic carbocycles.